The van der Waals surface area contributed by atoms with Gasteiger partial charge in [-0.05, 0) is 105 Å². The molecule has 8 rings (SSSR count). The van der Waals surface area contributed by atoms with Crippen molar-refractivity contribution in [1.29, 1.82) is 0 Å². The third-order valence-electron chi connectivity index (χ3n) is 14.2. The lowest BCUT2D eigenvalue weighted by Crippen LogP contribution is -2.62. The molecule has 3 fully saturated rings. The number of ketones is 1. The molecule has 3 N–H and O–H groups in total. The lowest BCUT2D eigenvalue weighted by molar-refractivity contribution is -0.155. The Morgan fingerprint density at radius 2 is 1.77 bits per heavy atom. The van der Waals surface area contributed by atoms with Crippen molar-refractivity contribution in [2.75, 3.05) is 33.9 Å². The number of nitrogens with one attached hydrogen (secondary N) is 3. The van der Waals surface area contributed by atoms with Crippen LogP contribution >= 0.6 is 0 Å². The van der Waals surface area contributed by atoms with Gasteiger partial charge in [0.05, 0.1) is 30.1 Å². The molecule has 1 saturated carbocycles. The molecule has 66 heavy (non-hydrogen) atoms. The Hall–Kier alpha value is -5.44. The Labute approximate surface area is 388 Å². The number of methoxy groups -OCH3 is 1. The molecular formula is C52H67N7O7. The molecule has 14 nitrogen and oxygen atoms in total. The summed E-state index contributed by atoms with van der Waals surface area (Å²) < 4.78 is 14.3. The Morgan fingerprint density at radius 1 is 1.02 bits per heavy atom. The van der Waals surface area contributed by atoms with E-state index in [-0.39, 0.29) is 60.5 Å². The van der Waals surface area contributed by atoms with Gasteiger partial charge in [-0.3, -0.25) is 34.0 Å². The zero-order valence-corrected chi connectivity index (χ0v) is 39.8. The van der Waals surface area contributed by atoms with Crippen LogP contribution in [0.2, 0.25) is 0 Å². The fourth-order valence-electron chi connectivity index (χ4n) is 10.6. The van der Waals surface area contributed by atoms with E-state index in [4.69, 9.17) is 14.5 Å². The molecule has 3 amide bonds. The number of benzene rings is 2. The van der Waals surface area contributed by atoms with Crippen LogP contribution in [0.4, 0.5) is 0 Å². The Kier molecular flexibility index (Phi) is 13.8. The second-order valence-corrected chi connectivity index (χ2v) is 20.1. The molecule has 0 radical (unpaired) electrons. The molecule has 4 aromatic rings. The van der Waals surface area contributed by atoms with Crippen LogP contribution in [0.25, 0.3) is 33.3 Å². The number of nitrogens with zero attached hydrogens (tertiary/aromatic N) is 4. The summed E-state index contributed by atoms with van der Waals surface area (Å²) in [5, 5.41) is 8.71. The van der Waals surface area contributed by atoms with Gasteiger partial charge in [0.2, 0.25) is 11.8 Å². The maximum absolute atomic E-state index is 14.7. The molecule has 14 heteroatoms. The first kappa shape index (κ1) is 47.1. The summed E-state index contributed by atoms with van der Waals surface area (Å²) in [6, 6.07) is 15.9. The minimum Gasteiger partial charge on any atom is -0.464 e. The second kappa shape index (κ2) is 19.4. The van der Waals surface area contributed by atoms with Gasteiger partial charge in [0.1, 0.15) is 18.1 Å². The topological polar surface area (TPSA) is 174 Å². The zero-order valence-electron chi connectivity index (χ0n) is 39.8. The number of carbonyl (C=O) groups excluding carboxylic acids is 5. The molecule has 6 bridgehead atoms. The molecule has 1 unspecified atom stereocenters. The molecule has 1 aliphatic carbocycles. The molecule has 2 saturated heterocycles. The number of esters is 1. The van der Waals surface area contributed by atoms with Gasteiger partial charge >= 0.3 is 5.97 Å². The summed E-state index contributed by atoms with van der Waals surface area (Å²) in [5.41, 5.74) is 10.5. The number of Topliss-reactive ketones (excluding diaryl/α,β-unsaturated/α-hetero) is 1. The highest BCUT2D eigenvalue weighted by molar-refractivity contribution is 5.96. The first-order valence-corrected chi connectivity index (χ1v) is 23.9. The van der Waals surface area contributed by atoms with E-state index >= 15 is 0 Å². The molecule has 3 aliphatic heterocycles. The standard InChI is InChI=1S/C52H67N7O7/c1-9-58-43-20-19-34-26-38(43)39(46(58)37-15-11-21-53-44(37)31(4)65-8)27-52(5,6)29-66-51(64)40-16-12-22-59(56-40)50(63)41(24-32-13-10-14-33(34)23-32)55-48(61)45(30(2)3)57(7)49(62)36-18-17-35(25-36)47(60)42-28-54-42/h10-11,13-15,19-21,23,26,30-31,35-36,40-42,45,54,56H,9,12,16-18,22,24-25,27-29H2,1-8H3,(H,55,61)/t31-,35?,36-,40-,41-,42+,45-/m0/s1. The Bertz CT molecular complexity index is 2490. The van der Waals surface area contributed by atoms with E-state index in [0.29, 0.717) is 58.2 Å². The maximum Gasteiger partial charge on any atom is 0.324 e. The predicted molar refractivity (Wildman–Crippen MR) is 253 cm³/mol. The molecule has 352 valence electrons. The summed E-state index contributed by atoms with van der Waals surface area (Å²) in [4.78, 5) is 76.4. The third-order valence-corrected chi connectivity index (χ3v) is 14.2. The van der Waals surface area contributed by atoms with Gasteiger partial charge in [-0.25, -0.2) is 5.43 Å². The Balaban J connectivity index is 1.16. The lowest BCUT2D eigenvalue weighted by Gasteiger charge is -2.37. The number of rotatable bonds is 11. The number of pyridine rings is 1. The van der Waals surface area contributed by atoms with Gasteiger partial charge in [0.15, 0.2) is 5.78 Å². The number of hydrogen-bond donors (Lipinski definition) is 3. The fraction of sp³-hybridized carbons (Fsp3) is 0.538. The summed E-state index contributed by atoms with van der Waals surface area (Å²) >= 11 is 0. The van der Waals surface area contributed by atoms with Crippen molar-refractivity contribution >= 4 is 40.4 Å². The number of ether oxygens (including phenoxy) is 2. The largest absolute Gasteiger partial charge is 0.464 e. The van der Waals surface area contributed by atoms with Crippen LogP contribution in [-0.4, -0.2) is 107 Å². The highest BCUT2D eigenvalue weighted by Gasteiger charge is 2.43. The lowest BCUT2D eigenvalue weighted by atomic mass is 9.84. The number of hydrazine groups is 1. The van der Waals surface area contributed by atoms with Crippen molar-refractivity contribution in [1.82, 2.24) is 35.5 Å². The number of amides is 3. The van der Waals surface area contributed by atoms with E-state index in [0.717, 1.165) is 50.1 Å². The van der Waals surface area contributed by atoms with Gasteiger partial charge in [0, 0.05) is 80.1 Å². The number of fused-ring (bicyclic) bond motifs is 6. The van der Waals surface area contributed by atoms with E-state index in [1.807, 2.05) is 39.0 Å². The van der Waals surface area contributed by atoms with E-state index < -0.39 is 35.4 Å². The fourth-order valence-corrected chi connectivity index (χ4v) is 10.6. The number of carbonyl (C=O) groups is 5. The summed E-state index contributed by atoms with van der Waals surface area (Å²) in [5.74, 6) is -2.05. The molecule has 4 aliphatic rings. The van der Waals surface area contributed by atoms with Crippen molar-refractivity contribution < 1.29 is 33.4 Å². The average molecular weight is 902 g/mol. The normalized spacial score (nSPS) is 24.1. The highest BCUT2D eigenvalue weighted by atomic mass is 16.5. The first-order valence-electron chi connectivity index (χ1n) is 23.9. The van der Waals surface area contributed by atoms with Gasteiger partial charge in [-0.1, -0.05) is 58.0 Å². The van der Waals surface area contributed by atoms with E-state index in [1.165, 1.54) is 9.91 Å². The smallest absolute Gasteiger partial charge is 0.324 e. The predicted octanol–water partition coefficient (Wildman–Crippen LogP) is 6.19. The molecule has 0 spiro atoms. The number of cyclic esters (lactones) is 1. The van der Waals surface area contributed by atoms with Crippen molar-refractivity contribution in [3.63, 3.8) is 0 Å². The summed E-state index contributed by atoms with van der Waals surface area (Å²) in [7, 11) is 3.34. The number of aryl methyl sites for hydroxylation is 1. The second-order valence-electron chi connectivity index (χ2n) is 20.1. The number of hydrogen-bond acceptors (Lipinski definition) is 10. The molecule has 2 aromatic carbocycles. The number of aromatic nitrogens is 2. The highest BCUT2D eigenvalue weighted by Crippen LogP contribution is 2.42. The van der Waals surface area contributed by atoms with Crippen LogP contribution < -0.4 is 16.1 Å². The van der Waals surface area contributed by atoms with Gasteiger partial charge in [0.25, 0.3) is 5.91 Å². The van der Waals surface area contributed by atoms with Crippen molar-refractivity contribution in [3.05, 3.63) is 77.6 Å². The minimum absolute atomic E-state index is 0.102. The van der Waals surface area contributed by atoms with Crippen molar-refractivity contribution in [2.45, 2.75) is 123 Å². The van der Waals surface area contributed by atoms with E-state index in [9.17, 15) is 24.0 Å². The van der Waals surface area contributed by atoms with Crippen LogP contribution in [0.1, 0.15) is 96.6 Å². The maximum atomic E-state index is 14.7. The van der Waals surface area contributed by atoms with Gasteiger partial charge in [-0.15, -0.1) is 0 Å². The monoisotopic (exact) mass is 902 g/mol. The summed E-state index contributed by atoms with van der Waals surface area (Å²) in [6.07, 6.45) is 5.07. The van der Waals surface area contributed by atoms with Gasteiger partial charge in [-0.2, -0.15) is 0 Å². The molecule has 5 heterocycles. The van der Waals surface area contributed by atoms with Crippen LogP contribution in [0.5, 0.6) is 0 Å². The summed E-state index contributed by atoms with van der Waals surface area (Å²) in [6.45, 7) is 14.0. The first-order chi connectivity index (χ1) is 31.6. The third kappa shape index (κ3) is 9.68. The minimum atomic E-state index is -1.03. The molecule has 7 atom stereocenters. The zero-order chi connectivity index (χ0) is 47.0. The van der Waals surface area contributed by atoms with Crippen molar-refractivity contribution in [3.8, 4) is 22.4 Å². The van der Waals surface area contributed by atoms with E-state index in [2.05, 4.69) is 77.8 Å². The van der Waals surface area contributed by atoms with Crippen LogP contribution in [-0.2, 0) is 52.8 Å². The molecular weight excluding hydrogens is 835 g/mol. The average Bonchev–Trinajstić information content (AvgIpc) is 3.97. The van der Waals surface area contributed by atoms with Gasteiger partial charge < -0.3 is 29.6 Å². The Morgan fingerprint density at radius 3 is 2.50 bits per heavy atom. The van der Waals surface area contributed by atoms with Crippen molar-refractivity contribution in [2.24, 2.45) is 23.2 Å². The van der Waals surface area contributed by atoms with Crippen LogP contribution in [0.15, 0.2) is 60.8 Å². The van der Waals surface area contributed by atoms with Crippen LogP contribution in [0.3, 0.4) is 0 Å². The van der Waals surface area contributed by atoms with E-state index in [1.54, 1.807) is 20.4 Å². The van der Waals surface area contributed by atoms with Crippen LogP contribution in [0, 0.1) is 23.2 Å². The quantitative estimate of drug-likeness (QED) is 0.116. The SMILES string of the molecule is CCn1c(-c2cccnc2[C@H](C)OC)c2c3cc(ccc31)-c1cccc(c1)C[C@H](NC(=O)[C@H](C(C)C)N(C)C(=O)[C@H]1CCC(C(=O)[C@H]3CN3)C1)C(=O)N1CCC[C@H](N1)C(=O)OCC(C)(C)C2. The molecule has 2 aromatic heterocycles. The number of likely N-dealkylation sites (N-methyl/N-ethyl adjacent to an activating group) is 1.